The van der Waals surface area contributed by atoms with Crippen molar-refractivity contribution in [3.63, 3.8) is 0 Å². The monoisotopic (exact) mass is 278 g/mol. The maximum Gasteiger partial charge on any atom is 0.0454 e. The fourth-order valence-corrected chi connectivity index (χ4v) is 2.58. The fourth-order valence-electron chi connectivity index (χ4n) is 2.58. The molecule has 3 aromatic rings. The van der Waals surface area contributed by atoms with Crippen LogP contribution in [-0.4, -0.2) is 4.98 Å². The average Bonchev–Trinajstić information content (AvgIpc) is 2.95. The molecule has 0 aliphatic carbocycles. The second-order valence-electron chi connectivity index (χ2n) is 5.90. The van der Waals surface area contributed by atoms with Crippen molar-refractivity contribution in [3.05, 3.63) is 71.4 Å². The van der Waals surface area contributed by atoms with Crippen molar-refractivity contribution in [2.75, 3.05) is 0 Å². The molecule has 0 bridgehead atoms. The topological polar surface area (TPSA) is 27.8 Å². The van der Waals surface area contributed by atoms with Crippen LogP contribution < -0.4 is 5.32 Å². The fraction of sp³-hybridized carbons (Fsp3) is 0.263. The molecule has 2 nitrogen and oxygen atoms in total. The van der Waals surface area contributed by atoms with Crippen molar-refractivity contribution >= 4 is 10.9 Å². The molecule has 108 valence electrons. The van der Waals surface area contributed by atoms with Crippen molar-refractivity contribution in [1.29, 1.82) is 0 Å². The van der Waals surface area contributed by atoms with Crippen LogP contribution >= 0.6 is 0 Å². The molecule has 0 spiro atoms. The highest BCUT2D eigenvalue weighted by atomic mass is 14.8. The number of aromatic nitrogens is 1. The molecule has 0 aliphatic rings. The molecule has 0 saturated carbocycles. The van der Waals surface area contributed by atoms with Gasteiger partial charge in [-0.2, -0.15) is 0 Å². The second-order valence-corrected chi connectivity index (χ2v) is 5.90. The predicted molar refractivity (Wildman–Crippen MR) is 89.4 cm³/mol. The maximum absolute atomic E-state index is 3.51. The molecule has 0 radical (unpaired) electrons. The van der Waals surface area contributed by atoms with Gasteiger partial charge in [0.25, 0.3) is 0 Å². The molecular weight excluding hydrogens is 256 g/mol. The first-order valence-corrected chi connectivity index (χ1v) is 7.58. The first kappa shape index (κ1) is 13.9. The molecule has 1 heterocycles. The lowest BCUT2D eigenvalue weighted by Crippen LogP contribution is -2.12. The molecule has 0 fully saturated rings. The summed E-state index contributed by atoms with van der Waals surface area (Å²) in [6, 6.07) is 17.6. The van der Waals surface area contributed by atoms with Crippen LogP contribution in [0.25, 0.3) is 10.9 Å². The van der Waals surface area contributed by atoms with Gasteiger partial charge in [-0.25, -0.2) is 0 Å². The van der Waals surface area contributed by atoms with E-state index in [1.807, 2.05) is 6.20 Å². The van der Waals surface area contributed by atoms with E-state index >= 15 is 0 Å². The number of benzene rings is 2. The van der Waals surface area contributed by atoms with E-state index in [-0.39, 0.29) is 0 Å². The largest absolute Gasteiger partial charge is 0.361 e. The van der Waals surface area contributed by atoms with Gasteiger partial charge < -0.3 is 10.3 Å². The molecule has 3 rings (SSSR count). The molecule has 1 aromatic heterocycles. The van der Waals surface area contributed by atoms with Gasteiger partial charge in [0.15, 0.2) is 0 Å². The normalized spacial score (nSPS) is 11.4. The maximum atomic E-state index is 3.51. The van der Waals surface area contributed by atoms with Gasteiger partial charge in [0, 0.05) is 24.8 Å². The quantitative estimate of drug-likeness (QED) is 0.702. The summed E-state index contributed by atoms with van der Waals surface area (Å²) in [5.74, 6) is 0.597. The van der Waals surface area contributed by atoms with E-state index in [4.69, 9.17) is 0 Å². The standard InChI is InChI=1S/C19H22N2/c1-14(2)17-6-3-15(4-7-17)12-20-13-16-5-8-19-18(11-16)9-10-21-19/h3-11,14,20-21H,12-13H2,1-2H3. The summed E-state index contributed by atoms with van der Waals surface area (Å²) in [4.78, 5) is 3.22. The van der Waals surface area contributed by atoms with Crippen LogP contribution in [-0.2, 0) is 13.1 Å². The Balaban J connectivity index is 1.57. The third-order valence-electron chi connectivity index (χ3n) is 3.92. The zero-order valence-electron chi connectivity index (χ0n) is 12.7. The zero-order valence-corrected chi connectivity index (χ0v) is 12.7. The number of hydrogen-bond acceptors (Lipinski definition) is 1. The van der Waals surface area contributed by atoms with Gasteiger partial charge in [0.1, 0.15) is 0 Å². The van der Waals surface area contributed by atoms with Crippen LogP contribution in [0.4, 0.5) is 0 Å². The lowest BCUT2D eigenvalue weighted by atomic mass is 10.0. The van der Waals surface area contributed by atoms with Gasteiger partial charge in [0.05, 0.1) is 0 Å². The van der Waals surface area contributed by atoms with Crippen molar-refractivity contribution < 1.29 is 0 Å². The van der Waals surface area contributed by atoms with Gasteiger partial charge in [0.2, 0.25) is 0 Å². The van der Waals surface area contributed by atoms with Crippen LogP contribution in [0.15, 0.2) is 54.7 Å². The molecule has 2 aromatic carbocycles. The third kappa shape index (κ3) is 3.34. The lowest BCUT2D eigenvalue weighted by Gasteiger charge is -2.08. The molecule has 0 aliphatic heterocycles. The highest BCUT2D eigenvalue weighted by Gasteiger charge is 2.00. The lowest BCUT2D eigenvalue weighted by molar-refractivity contribution is 0.693. The summed E-state index contributed by atoms with van der Waals surface area (Å²) in [6.07, 6.45) is 1.98. The van der Waals surface area contributed by atoms with Crippen LogP contribution in [0.2, 0.25) is 0 Å². The highest BCUT2D eigenvalue weighted by molar-refractivity contribution is 5.79. The Bertz CT molecular complexity index is 708. The Hall–Kier alpha value is -2.06. The molecule has 2 heteroatoms. The smallest absolute Gasteiger partial charge is 0.0454 e. The Morgan fingerprint density at radius 1 is 0.905 bits per heavy atom. The minimum absolute atomic E-state index is 0.597. The Morgan fingerprint density at radius 2 is 1.62 bits per heavy atom. The van der Waals surface area contributed by atoms with Crippen LogP contribution in [0, 0.1) is 0 Å². The van der Waals surface area contributed by atoms with Gasteiger partial charge >= 0.3 is 0 Å². The first-order valence-electron chi connectivity index (χ1n) is 7.58. The van der Waals surface area contributed by atoms with E-state index < -0.39 is 0 Å². The van der Waals surface area contributed by atoms with E-state index in [2.05, 4.69) is 72.7 Å². The van der Waals surface area contributed by atoms with Gasteiger partial charge in [-0.3, -0.25) is 0 Å². The number of aromatic amines is 1. The number of nitrogens with one attached hydrogen (secondary N) is 2. The molecule has 2 N–H and O–H groups in total. The van der Waals surface area contributed by atoms with E-state index in [1.54, 1.807) is 0 Å². The Morgan fingerprint density at radius 3 is 2.38 bits per heavy atom. The summed E-state index contributed by atoms with van der Waals surface area (Å²) in [7, 11) is 0. The number of rotatable bonds is 5. The van der Waals surface area contributed by atoms with E-state index in [1.165, 1.54) is 27.6 Å². The molecular formula is C19H22N2. The van der Waals surface area contributed by atoms with Gasteiger partial charge in [-0.1, -0.05) is 44.2 Å². The number of H-pyrrole nitrogens is 1. The summed E-state index contributed by atoms with van der Waals surface area (Å²) in [6.45, 7) is 6.26. The van der Waals surface area contributed by atoms with E-state index in [0.717, 1.165) is 13.1 Å². The van der Waals surface area contributed by atoms with E-state index in [9.17, 15) is 0 Å². The summed E-state index contributed by atoms with van der Waals surface area (Å²) < 4.78 is 0. The summed E-state index contributed by atoms with van der Waals surface area (Å²) in [5, 5.41) is 4.79. The Kier molecular flexibility index (Phi) is 4.07. The summed E-state index contributed by atoms with van der Waals surface area (Å²) in [5.41, 5.74) is 5.25. The SMILES string of the molecule is CC(C)c1ccc(CNCc2ccc3[nH]ccc3c2)cc1. The minimum atomic E-state index is 0.597. The van der Waals surface area contributed by atoms with Crippen molar-refractivity contribution in [2.24, 2.45) is 0 Å². The van der Waals surface area contributed by atoms with Crippen molar-refractivity contribution in [3.8, 4) is 0 Å². The van der Waals surface area contributed by atoms with Gasteiger partial charge in [-0.15, -0.1) is 0 Å². The summed E-state index contributed by atoms with van der Waals surface area (Å²) >= 11 is 0. The highest BCUT2D eigenvalue weighted by Crippen LogP contribution is 2.16. The molecule has 0 unspecified atom stereocenters. The molecule has 0 amide bonds. The van der Waals surface area contributed by atoms with Crippen LogP contribution in [0.1, 0.15) is 36.5 Å². The average molecular weight is 278 g/mol. The first-order chi connectivity index (χ1) is 10.2. The zero-order chi connectivity index (χ0) is 14.7. The number of hydrogen-bond donors (Lipinski definition) is 2. The molecule has 0 saturated heterocycles. The predicted octanol–water partition coefficient (Wildman–Crippen LogP) is 4.58. The number of fused-ring (bicyclic) bond motifs is 1. The molecule has 21 heavy (non-hydrogen) atoms. The van der Waals surface area contributed by atoms with Crippen LogP contribution in [0.3, 0.4) is 0 Å². The molecule has 0 atom stereocenters. The van der Waals surface area contributed by atoms with Gasteiger partial charge in [-0.05, 0) is 46.2 Å². The van der Waals surface area contributed by atoms with E-state index in [0.29, 0.717) is 5.92 Å². The van der Waals surface area contributed by atoms with Crippen LogP contribution in [0.5, 0.6) is 0 Å². The second kappa shape index (κ2) is 6.15. The third-order valence-corrected chi connectivity index (χ3v) is 3.92. The van der Waals surface area contributed by atoms with Crippen molar-refractivity contribution in [2.45, 2.75) is 32.9 Å². The Labute approximate surface area is 126 Å². The minimum Gasteiger partial charge on any atom is -0.361 e. The van der Waals surface area contributed by atoms with Crippen molar-refractivity contribution in [1.82, 2.24) is 10.3 Å².